The molecule has 3 N–H and O–H groups in total. The lowest BCUT2D eigenvalue weighted by molar-refractivity contribution is -0.121. The summed E-state index contributed by atoms with van der Waals surface area (Å²) >= 11 is 0. The third-order valence-electron chi connectivity index (χ3n) is 3.30. The van der Waals surface area contributed by atoms with Crippen molar-refractivity contribution in [3.63, 3.8) is 0 Å². The second-order valence-corrected chi connectivity index (χ2v) is 4.94. The summed E-state index contributed by atoms with van der Waals surface area (Å²) in [5.41, 5.74) is 5.65. The van der Waals surface area contributed by atoms with Crippen LogP contribution in [-0.2, 0) is 4.79 Å². The zero-order chi connectivity index (χ0) is 12.7. The molecule has 1 rings (SSSR count). The first-order valence-electron chi connectivity index (χ1n) is 6.51. The normalized spacial score (nSPS) is 20.9. The Labute approximate surface area is 104 Å². The van der Waals surface area contributed by atoms with Crippen LogP contribution in [0.15, 0.2) is 0 Å². The van der Waals surface area contributed by atoms with E-state index in [2.05, 4.69) is 22.0 Å². The Kier molecular flexibility index (Phi) is 6.47. The van der Waals surface area contributed by atoms with Crippen molar-refractivity contribution in [2.45, 2.75) is 13.3 Å². The summed E-state index contributed by atoms with van der Waals surface area (Å²) < 4.78 is 0. The molecule has 1 heterocycles. The molecule has 1 atom stereocenters. The molecular weight excluding hydrogens is 216 g/mol. The third-order valence-corrected chi connectivity index (χ3v) is 3.30. The number of rotatable bonds is 5. The summed E-state index contributed by atoms with van der Waals surface area (Å²) in [5, 5.41) is 2.67. The van der Waals surface area contributed by atoms with Crippen LogP contribution in [0.1, 0.15) is 13.3 Å². The minimum absolute atomic E-state index is 0.105. The van der Waals surface area contributed by atoms with E-state index in [9.17, 15) is 4.79 Å². The number of hydrogen-bond donors (Lipinski definition) is 2. The smallest absolute Gasteiger partial charge is 0.233 e. The fourth-order valence-electron chi connectivity index (χ4n) is 2.16. The van der Waals surface area contributed by atoms with E-state index in [-0.39, 0.29) is 5.91 Å². The highest BCUT2D eigenvalue weighted by Crippen LogP contribution is 2.05. The molecule has 5 nitrogen and oxygen atoms in total. The van der Waals surface area contributed by atoms with Crippen LogP contribution in [0.25, 0.3) is 0 Å². The molecule has 0 aromatic carbocycles. The van der Waals surface area contributed by atoms with Gasteiger partial charge in [-0.25, -0.2) is 0 Å². The van der Waals surface area contributed by atoms with Gasteiger partial charge < -0.3 is 16.0 Å². The Morgan fingerprint density at radius 1 is 1.29 bits per heavy atom. The molecule has 1 fully saturated rings. The van der Waals surface area contributed by atoms with Gasteiger partial charge in [0.1, 0.15) is 0 Å². The highest BCUT2D eigenvalue weighted by atomic mass is 16.1. The predicted octanol–water partition coefficient (Wildman–Crippen LogP) is -0.665. The molecule has 0 saturated carbocycles. The van der Waals surface area contributed by atoms with Gasteiger partial charge in [0.2, 0.25) is 5.91 Å². The molecule has 100 valence electrons. The van der Waals surface area contributed by atoms with Gasteiger partial charge >= 0.3 is 0 Å². The molecule has 1 aliphatic rings. The first-order chi connectivity index (χ1) is 8.15. The first-order valence-corrected chi connectivity index (χ1v) is 6.51. The topological polar surface area (TPSA) is 61.6 Å². The van der Waals surface area contributed by atoms with Gasteiger partial charge in [0.05, 0.1) is 6.54 Å². The van der Waals surface area contributed by atoms with Crippen molar-refractivity contribution >= 4 is 5.91 Å². The highest BCUT2D eigenvalue weighted by Gasteiger charge is 2.17. The molecule has 5 heteroatoms. The molecule has 1 aliphatic heterocycles. The van der Waals surface area contributed by atoms with Crippen LogP contribution in [0, 0.1) is 5.92 Å². The predicted molar refractivity (Wildman–Crippen MR) is 69.8 cm³/mol. The highest BCUT2D eigenvalue weighted by molar-refractivity contribution is 5.77. The summed E-state index contributed by atoms with van der Waals surface area (Å²) in [6.45, 7) is 8.69. The maximum Gasteiger partial charge on any atom is 0.233 e. The van der Waals surface area contributed by atoms with Gasteiger partial charge in [0, 0.05) is 26.7 Å². The first kappa shape index (κ1) is 14.4. The Balaban J connectivity index is 2.31. The van der Waals surface area contributed by atoms with Crippen LogP contribution in [0.3, 0.4) is 0 Å². The summed E-state index contributed by atoms with van der Waals surface area (Å²) in [4.78, 5) is 16.0. The van der Waals surface area contributed by atoms with E-state index in [1.54, 1.807) is 7.05 Å². The summed E-state index contributed by atoms with van der Waals surface area (Å²) in [5.74, 6) is 0.661. The van der Waals surface area contributed by atoms with E-state index in [0.29, 0.717) is 12.5 Å². The number of likely N-dealkylation sites (N-methyl/N-ethyl adjacent to an activating group) is 1. The molecule has 1 saturated heterocycles. The van der Waals surface area contributed by atoms with Crippen LogP contribution in [0.2, 0.25) is 0 Å². The van der Waals surface area contributed by atoms with Crippen molar-refractivity contribution in [1.82, 2.24) is 15.1 Å². The average Bonchev–Trinajstić information content (AvgIpc) is 2.54. The second-order valence-electron chi connectivity index (χ2n) is 4.94. The van der Waals surface area contributed by atoms with Crippen molar-refractivity contribution < 1.29 is 4.79 Å². The largest absolute Gasteiger partial charge is 0.358 e. The summed E-state index contributed by atoms with van der Waals surface area (Å²) in [7, 11) is 1.69. The number of nitrogens with two attached hydrogens (primary N) is 1. The van der Waals surface area contributed by atoms with Crippen molar-refractivity contribution in [2.75, 3.05) is 52.9 Å². The van der Waals surface area contributed by atoms with E-state index >= 15 is 0 Å². The zero-order valence-electron chi connectivity index (χ0n) is 11.1. The Bertz CT molecular complexity index is 235. The van der Waals surface area contributed by atoms with Crippen molar-refractivity contribution in [3.8, 4) is 0 Å². The van der Waals surface area contributed by atoms with Gasteiger partial charge in [-0.2, -0.15) is 0 Å². The molecule has 0 aliphatic carbocycles. The standard InChI is InChI=1S/C12H26N4O/c1-11(8-13)9-15-4-3-5-16(7-6-15)10-12(17)14-2/h11H,3-10,13H2,1-2H3,(H,14,17). The number of nitrogens with zero attached hydrogens (tertiary/aromatic N) is 2. The molecule has 17 heavy (non-hydrogen) atoms. The van der Waals surface area contributed by atoms with Gasteiger partial charge in [0.25, 0.3) is 0 Å². The van der Waals surface area contributed by atoms with Gasteiger partial charge in [-0.3, -0.25) is 9.69 Å². The maximum atomic E-state index is 11.3. The Morgan fingerprint density at radius 3 is 2.59 bits per heavy atom. The van der Waals surface area contributed by atoms with Crippen molar-refractivity contribution in [2.24, 2.45) is 11.7 Å². The number of carbonyl (C=O) groups is 1. The van der Waals surface area contributed by atoms with E-state index in [1.165, 1.54) is 0 Å². The fourth-order valence-corrected chi connectivity index (χ4v) is 2.16. The zero-order valence-corrected chi connectivity index (χ0v) is 11.1. The number of hydrogen-bond acceptors (Lipinski definition) is 4. The lowest BCUT2D eigenvalue weighted by Crippen LogP contribution is -2.39. The van der Waals surface area contributed by atoms with Gasteiger partial charge in [-0.15, -0.1) is 0 Å². The molecule has 0 aromatic rings. The van der Waals surface area contributed by atoms with E-state index in [1.807, 2.05) is 0 Å². The van der Waals surface area contributed by atoms with E-state index in [0.717, 1.165) is 45.7 Å². The Hall–Kier alpha value is -0.650. The van der Waals surface area contributed by atoms with Crippen LogP contribution < -0.4 is 11.1 Å². The summed E-state index contributed by atoms with van der Waals surface area (Å²) in [6, 6.07) is 0. The molecule has 0 radical (unpaired) electrons. The minimum Gasteiger partial charge on any atom is -0.358 e. The fraction of sp³-hybridized carbons (Fsp3) is 0.917. The lowest BCUT2D eigenvalue weighted by atomic mass is 10.1. The SMILES string of the molecule is CNC(=O)CN1CCCN(CC(C)CN)CC1. The van der Waals surface area contributed by atoms with Crippen LogP contribution in [0.5, 0.6) is 0 Å². The lowest BCUT2D eigenvalue weighted by Gasteiger charge is -2.23. The number of nitrogens with one attached hydrogen (secondary N) is 1. The number of carbonyl (C=O) groups excluding carboxylic acids is 1. The van der Waals surface area contributed by atoms with Gasteiger partial charge in [0.15, 0.2) is 0 Å². The molecular formula is C12H26N4O. The van der Waals surface area contributed by atoms with Gasteiger partial charge in [-0.1, -0.05) is 6.92 Å². The quantitative estimate of drug-likeness (QED) is 0.671. The second kappa shape index (κ2) is 7.63. The monoisotopic (exact) mass is 242 g/mol. The molecule has 0 spiro atoms. The summed E-state index contributed by atoms with van der Waals surface area (Å²) in [6.07, 6.45) is 1.13. The average molecular weight is 242 g/mol. The van der Waals surface area contributed by atoms with Gasteiger partial charge in [-0.05, 0) is 32.0 Å². The minimum atomic E-state index is 0.105. The maximum absolute atomic E-state index is 11.3. The number of amides is 1. The Morgan fingerprint density at radius 2 is 1.94 bits per heavy atom. The molecule has 1 unspecified atom stereocenters. The van der Waals surface area contributed by atoms with Crippen molar-refractivity contribution in [3.05, 3.63) is 0 Å². The van der Waals surface area contributed by atoms with E-state index in [4.69, 9.17) is 5.73 Å². The molecule has 0 aromatic heterocycles. The molecule has 1 amide bonds. The van der Waals surface area contributed by atoms with Crippen LogP contribution in [-0.4, -0.2) is 68.6 Å². The van der Waals surface area contributed by atoms with E-state index < -0.39 is 0 Å². The van der Waals surface area contributed by atoms with Crippen LogP contribution in [0.4, 0.5) is 0 Å². The van der Waals surface area contributed by atoms with Crippen molar-refractivity contribution in [1.29, 1.82) is 0 Å². The molecule has 0 bridgehead atoms. The van der Waals surface area contributed by atoms with Crippen LogP contribution >= 0.6 is 0 Å². The third kappa shape index (κ3) is 5.48.